The summed E-state index contributed by atoms with van der Waals surface area (Å²) in [7, 11) is 1.60. The first-order chi connectivity index (χ1) is 16.3. The van der Waals surface area contributed by atoms with E-state index in [2.05, 4.69) is 56.4 Å². The number of rotatable bonds is 10. The zero-order chi connectivity index (χ0) is 24.7. The van der Waals surface area contributed by atoms with Crippen molar-refractivity contribution in [3.05, 3.63) is 64.7 Å². The summed E-state index contributed by atoms with van der Waals surface area (Å²) in [5.41, 5.74) is 4.55. The third kappa shape index (κ3) is 6.38. The molecule has 6 nitrogen and oxygen atoms in total. The predicted octanol–water partition coefficient (Wildman–Crippen LogP) is 4.44. The Bertz CT molecular complexity index is 971. The standard InChI is InChI=1S/C28H38N2O4/c1-6-25(28(32)29-14-16-33-5)34-23-12-11-21-13-15-30(26(31)17-19(2)3)27(24(21)18-23)22-9-7-20(4)8-10-22/h7-12,18-19,25,27H,6,13-17H2,1-5H3,(H,29,32). The van der Waals surface area contributed by atoms with Crippen LogP contribution in [0.4, 0.5) is 0 Å². The van der Waals surface area contributed by atoms with Gasteiger partial charge in [-0.1, -0.05) is 56.7 Å². The summed E-state index contributed by atoms with van der Waals surface area (Å²) in [6.07, 6.45) is 1.29. The van der Waals surface area contributed by atoms with E-state index in [1.807, 2.05) is 24.0 Å². The Kier molecular flexibility index (Phi) is 9.11. The molecule has 1 N–H and O–H groups in total. The monoisotopic (exact) mass is 466 g/mol. The van der Waals surface area contributed by atoms with Crippen molar-refractivity contribution in [3.8, 4) is 5.75 Å². The number of benzene rings is 2. The summed E-state index contributed by atoms with van der Waals surface area (Å²) in [6, 6.07) is 14.2. The van der Waals surface area contributed by atoms with Gasteiger partial charge in [-0.05, 0) is 54.5 Å². The number of methoxy groups -OCH3 is 1. The molecule has 0 saturated carbocycles. The van der Waals surface area contributed by atoms with Crippen LogP contribution in [0.3, 0.4) is 0 Å². The van der Waals surface area contributed by atoms with Gasteiger partial charge in [0.1, 0.15) is 5.75 Å². The molecule has 6 heteroatoms. The molecule has 3 rings (SSSR count). The lowest BCUT2D eigenvalue weighted by Crippen LogP contribution is -2.41. The highest BCUT2D eigenvalue weighted by Crippen LogP contribution is 2.38. The van der Waals surface area contributed by atoms with E-state index in [1.54, 1.807) is 7.11 Å². The van der Waals surface area contributed by atoms with Crippen LogP contribution in [0.25, 0.3) is 0 Å². The first-order valence-electron chi connectivity index (χ1n) is 12.3. The number of carbonyl (C=O) groups excluding carboxylic acids is 2. The molecule has 2 unspecified atom stereocenters. The number of hydrogen-bond acceptors (Lipinski definition) is 4. The second-order valence-corrected chi connectivity index (χ2v) is 9.41. The largest absolute Gasteiger partial charge is 0.481 e. The van der Waals surface area contributed by atoms with Crippen LogP contribution >= 0.6 is 0 Å². The molecule has 34 heavy (non-hydrogen) atoms. The van der Waals surface area contributed by atoms with E-state index in [4.69, 9.17) is 9.47 Å². The van der Waals surface area contributed by atoms with Gasteiger partial charge in [0.15, 0.2) is 6.10 Å². The molecule has 0 spiro atoms. The fourth-order valence-corrected chi connectivity index (χ4v) is 4.39. The lowest BCUT2D eigenvalue weighted by Gasteiger charge is -2.38. The van der Waals surface area contributed by atoms with Gasteiger partial charge in [0.25, 0.3) is 5.91 Å². The summed E-state index contributed by atoms with van der Waals surface area (Å²) in [5.74, 6) is 0.953. The lowest BCUT2D eigenvalue weighted by atomic mass is 9.87. The maximum atomic E-state index is 13.2. The van der Waals surface area contributed by atoms with Crippen LogP contribution in [0.1, 0.15) is 61.9 Å². The van der Waals surface area contributed by atoms with Gasteiger partial charge in [0.2, 0.25) is 5.91 Å². The zero-order valence-electron chi connectivity index (χ0n) is 21.1. The Labute approximate surface area is 203 Å². The molecule has 1 aliphatic heterocycles. The second kappa shape index (κ2) is 12.0. The first-order valence-corrected chi connectivity index (χ1v) is 12.3. The van der Waals surface area contributed by atoms with Crippen molar-refractivity contribution >= 4 is 11.8 Å². The average molecular weight is 467 g/mol. The van der Waals surface area contributed by atoms with E-state index in [9.17, 15) is 9.59 Å². The highest BCUT2D eigenvalue weighted by atomic mass is 16.5. The number of ether oxygens (including phenoxy) is 2. The number of carbonyl (C=O) groups is 2. The highest BCUT2D eigenvalue weighted by Gasteiger charge is 2.32. The Morgan fingerprint density at radius 1 is 1.15 bits per heavy atom. The van der Waals surface area contributed by atoms with E-state index in [0.717, 1.165) is 17.5 Å². The van der Waals surface area contributed by atoms with Gasteiger partial charge in [-0.15, -0.1) is 0 Å². The first kappa shape index (κ1) is 25.8. The molecule has 1 aliphatic rings. The van der Waals surface area contributed by atoms with Gasteiger partial charge in [0, 0.05) is 26.6 Å². The molecule has 2 aromatic rings. The normalized spacial score (nSPS) is 16.2. The van der Waals surface area contributed by atoms with Gasteiger partial charge < -0.3 is 19.7 Å². The minimum absolute atomic E-state index is 0.152. The fourth-order valence-electron chi connectivity index (χ4n) is 4.39. The van der Waals surface area contributed by atoms with E-state index in [-0.39, 0.29) is 17.9 Å². The van der Waals surface area contributed by atoms with E-state index in [1.165, 1.54) is 11.1 Å². The van der Waals surface area contributed by atoms with Gasteiger partial charge >= 0.3 is 0 Å². The highest BCUT2D eigenvalue weighted by molar-refractivity contribution is 5.81. The lowest BCUT2D eigenvalue weighted by molar-refractivity contribution is -0.134. The molecule has 184 valence electrons. The third-order valence-corrected chi connectivity index (χ3v) is 6.19. The molecule has 0 aliphatic carbocycles. The van der Waals surface area contributed by atoms with Crippen LogP contribution in [-0.4, -0.2) is 49.6 Å². The second-order valence-electron chi connectivity index (χ2n) is 9.41. The quantitative estimate of drug-likeness (QED) is 0.526. The Hall–Kier alpha value is -2.86. The number of nitrogens with one attached hydrogen (secondary N) is 1. The molecule has 0 aromatic heterocycles. The molecular formula is C28H38N2O4. The maximum Gasteiger partial charge on any atom is 0.261 e. The minimum Gasteiger partial charge on any atom is -0.481 e. The molecule has 2 aromatic carbocycles. The Morgan fingerprint density at radius 2 is 1.88 bits per heavy atom. The smallest absolute Gasteiger partial charge is 0.261 e. The van der Waals surface area contributed by atoms with Crippen molar-refractivity contribution in [2.75, 3.05) is 26.8 Å². The molecule has 0 fully saturated rings. The summed E-state index contributed by atoms with van der Waals surface area (Å²) in [4.78, 5) is 27.8. The van der Waals surface area contributed by atoms with Gasteiger partial charge in [-0.25, -0.2) is 0 Å². The van der Waals surface area contributed by atoms with Crippen molar-refractivity contribution in [2.24, 2.45) is 5.92 Å². The van der Waals surface area contributed by atoms with Gasteiger partial charge in [-0.3, -0.25) is 9.59 Å². The van der Waals surface area contributed by atoms with Gasteiger partial charge in [0.05, 0.1) is 12.6 Å². The van der Waals surface area contributed by atoms with Crippen LogP contribution < -0.4 is 10.1 Å². The van der Waals surface area contributed by atoms with Gasteiger partial charge in [-0.2, -0.15) is 0 Å². The molecule has 0 saturated heterocycles. The van der Waals surface area contributed by atoms with E-state index < -0.39 is 6.10 Å². The number of fused-ring (bicyclic) bond motifs is 1. The van der Waals surface area contributed by atoms with Crippen molar-refractivity contribution in [3.63, 3.8) is 0 Å². The number of amides is 2. The average Bonchev–Trinajstić information content (AvgIpc) is 2.82. The summed E-state index contributed by atoms with van der Waals surface area (Å²) >= 11 is 0. The molecule has 0 bridgehead atoms. The predicted molar refractivity (Wildman–Crippen MR) is 134 cm³/mol. The minimum atomic E-state index is -0.588. The van der Waals surface area contributed by atoms with Crippen molar-refractivity contribution in [2.45, 2.75) is 59.1 Å². The van der Waals surface area contributed by atoms with Crippen molar-refractivity contribution in [1.29, 1.82) is 0 Å². The van der Waals surface area contributed by atoms with Crippen LogP contribution in [0.15, 0.2) is 42.5 Å². The molecule has 2 amide bonds. The zero-order valence-corrected chi connectivity index (χ0v) is 21.1. The number of hydrogen-bond donors (Lipinski definition) is 1. The molecule has 0 radical (unpaired) electrons. The Morgan fingerprint density at radius 3 is 2.53 bits per heavy atom. The van der Waals surface area contributed by atoms with E-state index in [0.29, 0.717) is 44.2 Å². The third-order valence-electron chi connectivity index (χ3n) is 6.19. The summed E-state index contributed by atoms with van der Waals surface area (Å²) in [6.45, 7) is 9.74. The van der Waals surface area contributed by atoms with Crippen LogP contribution in [0.2, 0.25) is 0 Å². The number of nitrogens with zero attached hydrogens (tertiary/aromatic N) is 1. The van der Waals surface area contributed by atoms with Crippen molar-refractivity contribution in [1.82, 2.24) is 10.2 Å². The summed E-state index contributed by atoms with van der Waals surface area (Å²) in [5, 5.41) is 2.86. The van der Waals surface area contributed by atoms with Crippen LogP contribution in [0, 0.1) is 12.8 Å². The van der Waals surface area contributed by atoms with E-state index >= 15 is 0 Å². The maximum absolute atomic E-state index is 13.2. The molecule has 2 atom stereocenters. The molecule has 1 heterocycles. The van der Waals surface area contributed by atoms with Crippen LogP contribution in [0.5, 0.6) is 5.75 Å². The topological polar surface area (TPSA) is 67.9 Å². The molecular weight excluding hydrogens is 428 g/mol. The fraction of sp³-hybridized carbons (Fsp3) is 0.500. The Balaban J connectivity index is 1.92. The number of aryl methyl sites for hydroxylation is 1. The van der Waals surface area contributed by atoms with Crippen molar-refractivity contribution < 1.29 is 19.1 Å². The summed E-state index contributed by atoms with van der Waals surface area (Å²) < 4.78 is 11.1. The van der Waals surface area contributed by atoms with Crippen LogP contribution in [-0.2, 0) is 20.7 Å². The SMILES string of the molecule is CCC(Oc1ccc2c(c1)C(c1ccc(C)cc1)N(C(=O)CC(C)C)CC2)C(=O)NCCOC.